The summed E-state index contributed by atoms with van der Waals surface area (Å²) in [5, 5.41) is 8.71. The number of hydrogen-bond acceptors (Lipinski definition) is 3. The number of aromatic nitrogens is 2. The van der Waals surface area contributed by atoms with Crippen molar-refractivity contribution < 1.29 is 19.0 Å². The van der Waals surface area contributed by atoms with E-state index >= 15 is 0 Å². The lowest BCUT2D eigenvalue weighted by Crippen LogP contribution is -2.05. The number of benzene rings is 1. The first-order valence-electron chi connectivity index (χ1n) is 5.76. The Kier molecular flexibility index (Phi) is 3.79. The summed E-state index contributed by atoms with van der Waals surface area (Å²) in [7, 11) is 0. The highest BCUT2D eigenvalue weighted by atomic mass is 19.1. The van der Waals surface area contributed by atoms with Crippen LogP contribution in [0.1, 0.15) is 23.0 Å². The van der Waals surface area contributed by atoms with Gasteiger partial charge in [0.25, 0.3) is 0 Å². The molecule has 0 aliphatic heterocycles. The van der Waals surface area contributed by atoms with E-state index in [0.29, 0.717) is 0 Å². The number of ether oxygens (including phenoxy) is 1. The molecule has 2 rings (SSSR count). The molecule has 6 heteroatoms. The molecule has 100 valence electrons. The molecule has 19 heavy (non-hydrogen) atoms. The smallest absolute Gasteiger partial charge is 0.338 e. The summed E-state index contributed by atoms with van der Waals surface area (Å²) in [5.41, 5.74) is 0.496. The van der Waals surface area contributed by atoms with Crippen molar-refractivity contribution in [3.05, 3.63) is 47.8 Å². The van der Waals surface area contributed by atoms with Crippen LogP contribution in [0.4, 0.5) is 4.39 Å². The molecule has 0 spiro atoms. The quantitative estimate of drug-likeness (QED) is 0.900. The van der Waals surface area contributed by atoms with Gasteiger partial charge in [-0.25, -0.2) is 14.2 Å². The maximum atomic E-state index is 13.4. The maximum Gasteiger partial charge on any atom is 0.338 e. The van der Waals surface area contributed by atoms with Gasteiger partial charge < -0.3 is 14.4 Å². The zero-order valence-corrected chi connectivity index (χ0v) is 10.3. The third kappa shape index (κ3) is 2.90. The molecule has 0 unspecified atom stereocenters. The first-order valence-corrected chi connectivity index (χ1v) is 5.76. The highest BCUT2D eigenvalue weighted by Crippen LogP contribution is 2.18. The lowest BCUT2D eigenvalue weighted by Gasteiger charge is -2.08. The predicted molar refractivity (Wildman–Crippen MR) is 65.6 cm³/mol. The van der Waals surface area contributed by atoms with Crippen molar-refractivity contribution in [2.45, 2.75) is 20.1 Å². The molecule has 5 nitrogen and oxygen atoms in total. The minimum atomic E-state index is -1.30. The summed E-state index contributed by atoms with van der Waals surface area (Å²) in [6.45, 7) is 3.00. The summed E-state index contributed by atoms with van der Waals surface area (Å²) in [6, 6.07) is 3.68. The number of aryl methyl sites for hydroxylation is 1. The van der Waals surface area contributed by atoms with Crippen molar-refractivity contribution in [3.8, 4) is 5.75 Å². The standard InChI is InChI=1S/C13H13FN2O3/c1-2-16-8-15-6-9(16)7-19-10-3-4-11(13(17)18)12(14)5-10/h3-6,8H,2,7H2,1H3,(H,17,18). The minimum Gasteiger partial charge on any atom is -0.487 e. The van der Waals surface area contributed by atoms with Crippen LogP contribution in [0, 0.1) is 5.82 Å². The predicted octanol–water partition coefficient (Wildman–Crippen LogP) is 2.32. The van der Waals surface area contributed by atoms with Crippen LogP contribution in [0.2, 0.25) is 0 Å². The third-order valence-electron chi connectivity index (χ3n) is 2.70. The molecule has 0 amide bonds. The Morgan fingerprint density at radius 1 is 1.53 bits per heavy atom. The van der Waals surface area contributed by atoms with Gasteiger partial charge in [-0.3, -0.25) is 0 Å². The van der Waals surface area contributed by atoms with Crippen LogP contribution >= 0.6 is 0 Å². The van der Waals surface area contributed by atoms with Crippen LogP contribution in [0.15, 0.2) is 30.7 Å². The molecule has 0 atom stereocenters. The van der Waals surface area contributed by atoms with Crippen LogP contribution in [-0.4, -0.2) is 20.6 Å². The van der Waals surface area contributed by atoms with Gasteiger partial charge in [-0.2, -0.15) is 0 Å². The molecule has 0 bridgehead atoms. The number of carboxylic acids is 1. The summed E-state index contributed by atoms with van der Waals surface area (Å²) in [4.78, 5) is 14.7. The average Bonchev–Trinajstić information content (AvgIpc) is 2.83. The van der Waals surface area contributed by atoms with Crippen molar-refractivity contribution in [1.82, 2.24) is 9.55 Å². The first kappa shape index (κ1) is 13.1. The molecule has 0 saturated heterocycles. The van der Waals surface area contributed by atoms with Crippen molar-refractivity contribution in [3.63, 3.8) is 0 Å². The number of carboxylic acid groups (broad SMARTS) is 1. The van der Waals surface area contributed by atoms with Crippen molar-refractivity contribution >= 4 is 5.97 Å². The molecule has 1 aromatic carbocycles. The highest BCUT2D eigenvalue weighted by molar-refractivity contribution is 5.88. The Balaban J connectivity index is 2.08. The molecule has 0 radical (unpaired) electrons. The molecule has 0 aliphatic carbocycles. The number of imidazole rings is 1. The lowest BCUT2D eigenvalue weighted by molar-refractivity contribution is 0.0692. The number of halogens is 1. The normalized spacial score (nSPS) is 10.4. The van der Waals surface area contributed by atoms with Crippen LogP contribution in [0.3, 0.4) is 0 Å². The third-order valence-corrected chi connectivity index (χ3v) is 2.70. The Hall–Kier alpha value is -2.37. The largest absolute Gasteiger partial charge is 0.487 e. The summed E-state index contributed by atoms with van der Waals surface area (Å²) >= 11 is 0. The molecule has 0 fully saturated rings. The SMILES string of the molecule is CCn1cncc1COc1ccc(C(=O)O)c(F)c1. The van der Waals surface area contributed by atoms with Crippen LogP contribution in [-0.2, 0) is 13.2 Å². The molecule has 0 aliphatic rings. The van der Waals surface area contributed by atoms with E-state index in [4.69, 9.17) is 9.84 Å². The minimum absolute atomic E-state index is 0.250. The van der Waals surface area contributed by atoms with Crippen molar-refractivity contribution in [2.75, 3.05) is 0 Å². The van der Waals surface area contributed by atoms with Crippen LogP contribution in [0.5, 0.6) is 5.75 Å². The number of aromatic carboxylic acids is 1. The van der Waals surface area contributed by atoms with E-state index < -0.39 is 11.8 Å². The molecule has 1 aromatic heterocycles. The van der Waals surface area contributed by atoms with E-state index in [1.807, 2.05) is 11.5 Å². The summed E-state index contributed by atoms with van der Waals surface area (Å²) in [6.07, 6.45) is 3.36. The van der Waals surface area contributed by atoms with Gasteiger partial charge in [-0.15, -0.1) is 0 Å². The van der Waals surface area contributed by atoms with Gasteiger partial charge in [0.05, 0.1) is 23.8 Å². The fourth-order valence-corrected chi connectivity index (χ4v) is 1.67. The van der Waals surface area contributed by atoms with Crippen molar-refractivity contribution in [2.24, 2.45) is 0 Å². The Bertz CT molecular complexity index is 595. The monoisotopic (exact) mass is 264 g/mol. The van der Waals surface area contributed by atoms with Gasteiger partial charge in [-0.1, -0.05) is 0 Å². The second kappa shape index (κ2) is 5.51. The van der Waals surface area contributed by atoms with Gasteiger partial charge in [0.1, 0.15) is 18.2 Å². The van der Waals surface area contributed by atoms with Gasteiger partial charge in [-0.05, 0) is 19.1 Å². The second-order valence-electron chi connectivity index (χ2n) is 3.91. The summed E-state index contributed by atoms with van der Waals surface area (Å²) < 4.78 is 20.8. The van der Waals surface area contributed by atoms with Crippen LogP contribution in [0.25, 0.3) is 0 Å². The number of carbonyl (C=O) groups is 1. The molecular formula is C13H13FN2O3. The Labute approximate surface area is 109 Å². The van der Waals surface area contributed by atoms with E-state index in [1.165, 1.54) is 12.1 Å². The fourth-order valence-electron chi connectivity index (χ4n) is 1.67. The fraction of sp³-hybridized carbons (Fsp3) is 0.231. The van der Waals surface area contributed by atoms with Gasteiger partial charge in [0.2, 0.25) is 0 Å². The molecular weight excluding hydrogens is 251 g/mol. The first-order chi connectivity index (χ1) is 9.11. The van der Waals surface area contributed by atoms with Crippen LogP contribution < -0.4 is 4.74 Å². The number of nitrogens with zero attached hydrogens (tertiary/aromatic N) is 2. The zero-order chi connectivity index (χ0) is 13.8. The van der Waals surface area contributed by atoms with Gasteiger partial charge in [0.15, 0.2) is 0 Å². The summed E-state index contributed by atoms with van der Waals surface area (Å²) in [5.74, 6) is -1.83. The average molecular weight is 264 g/mol. The number of hydrogen-bond donors (Lipinski definition) is 1. The second-order valence-corrected chi connectivity index (χ2v) is 3.91. The maximum absolute atomic E-state index is 13.4. The van der Waals surface area contributed by atoms with E-state index in [9.17, 15) is 9.18 Å². The highest BCUT2D eigenvalue weighted by Gasteiger charge is 2.11. The molecule has 0 saturated carbocycles. The van der Waals surface area contributed by atoms with E-state index in [0.717, 1.165) is 18.3 Å². The Morgan fingerprint density at radius 2 is 2.32 bits per heavy atom. The van der Waals surface area contributed by atoms with Crippen molar-refractivity contribution in [1.29, 1.82) is 0 Å². The zero-order valence-electron chi connectivity index (χ0n) is 10.3. The lowest BCUT2D eigenvalue weighted by atomic mass is 10.2. The van der Waals surface area contributed by atoms with Gasteiger partial charge >= 0.3 is 5.97 Å². The molecule has 2 aromatic rings. The number of rotatable bonds is 5. The molecule has 1 heterocycles. The van der Waals surface area contributed by atoms with E-state index in [2.05, 4.69) is 4.98 Å². The van der Waals surface area contributed by atoms with Gasteiger partial charge in [0, 0.05) is 12.6 Å². The Morgan fingerprint density at radius 3 is 2.95 bits per heavy atom. The van der Waals surface area contributed by atoms with E-state index in [-0.39, 0.29) is 17.9 Å². The molecule has 1 N–H and O–H groups in total. The topological polar surface area (TPSA) is 64.4 Å². The van der Waals surface area contributed by atoms with E-state index in [1.54, 1.807) is 12.5 Å².